The Morgan fingerprint density at radius 1 is 1.17 bits per heavy atom. The summed E-state index contributed by atoms with van der Waals surface area (Å²) >= 11 is 0. The molecule has 0 atom stereocenters. The van der Waals surface area contributed by atoms with Gasteiger partial charge in [0.2, 0.25) is 0 Å². The number of carbonyl (C=O) groups is 1. The number of benzene rings is 1. The minimum Gasteiger partial charge on any atom is -0.338 e. The molecule has 0 radical (unpaired) electrons. The zero-order chi connectivity index (χ0) is 12.8. The molecule has 0 fully saturated rings. The minimum absolute atomic E-state index is 0.307. The molecule has 3 nitrogen and oxygen atoms in total. The SMILES string of the molecule is Cn1ccnc1CCC(=O)CCc1ccccc1. The molecule has 0 spiro atoms. The molecule has 0 saturated heterocycles. The van der Waals surface area contributed by atoms with Crippen molar-refractivity contribution in [2.24, 2.45) is 7.05 Å². The van der Waals surface area contributed by atoms with Crippen LogP contribution in [0.15, 0.2) is 42.7 Å². The van der Waals surface area contributed by atoms with Crippen LogP contribution in [0.2, 0.25) is 0 Å². The lowest BCUT2D eigenvalue weighted by molar-refractivity contribution is -0.119. The molecule has 94 valence electrons. The van der Waals surface area contributed by atoms with E-state index in [2.05, 4.69) is 17.1 Å². The van der Waals surface area contributed by atoms with Crippen molar-refractivity contribution in [3.05, 3.63) is 54.1 Å². The van der Waals surface area contributed by atoms with E-state index in [9.17, 15) is 4.79 Å². The van der Waals surface area contributed by atoms with Crippen molar-refractivity contribution >= 4 is 5.78 Å². The molecule has 1 aromatic heterocycles. The third-order valence-corrected chi connectivity index (χ3v) is 3.08. The van der Waals surface area contributed by atoms with Gasteiger partial charge in [0.15, 0.2) is 0 Å². The fourth-order valence-corrected chi connectivity index (χ4v) is 1.94. The molecule has 2 aromatic rings. The van der Waals surface area contributed by atoms with E-state index in [0.29, 0.717) is 18.6 Å². The third kappa shape index (κ3) is 3.55. The molecule has 0 amide bonds. The highest BCUT2D eigenvalue weighted by Crippen LogP contribution is 2.06. The molecular formula is C15H18N2O. The van der Waals surface area contributed by atoms with Crippen LogP contribution in [0, 0.1) is 0 Å². The molecule has 0 N–H and O–H groups in total. The van der Waals surface area contributed by atoms with Crippen molar-refractivity contribution < 1.29 is 4.79 Å². The van der Waals surface area contributed by atoms with E-state index in [1.807, 2.05) is 36.0 Å². The first-order valence-electron chi connectivity index (χ1n) is 6.27. The lowest BCUT2D eigenvalue weighted by Crippen LogP contribution is -2.05. The van der Waals surface area contributed by atoms with Gasteiger partial charge in [-0.25, -0.2) is 4.98 Å². The van der Waals surface area contributed by atoms with Gasteiger partial charge in [0.05, 0.1) is 0 Å². The summed E-state index contributed by atoms with van der Waals surface area (Å²) < 4.78 is 1.96. The standard InChI is InChI=1S/C15H18N2O/c1-17-12-11-16-15(17)10-9-14(18)8-7-13-5-3-2-4-6-13/h2-6,11-12H,7-10H2,1H3. The van der Waals surface area contributed by atoms with Gasteiger partial charge in [-0.15, -0.1) is 0 Å². The fourth-order valence-electron chi connectivity index (χ4n) is 1.94. The van der Waals surface area contributed by atoms with Crippen molar-refractivity contribution in [3.63, 3.8) is 0 Å². The molecule has 3 heteroatoms. The summed E-state index contributed by atoms with van der Waals surface area (Å²) in [6.45, 7) is 0. The van der Waals surface area contributed by atoms with Gasteiger partial charge in [0.1, 0.15) is 11.6 Å². The van der Waals surface area contributed by atoms with E-state index < -0.39 is 0 Å². The van der Waals surface area contributed by atoms with Gasteiger partial charge in [0, 0.05) is 38.7 Å². The quantitative estimate of drug-likeness (QED) is 0.780. The lowest BCUT2D eigenvalue weighted by atomic mass is 10.1. The topological polar surface area (TPSA) is 34.9 Å². The number of aryl methyl sites for hydroxylation is 3. The Morgan fingerprint density at radius 3 is 2.56 bits per heavy atom. The monoisotopic (exact) mass is 242 g/mol. The summed E-state index contributed by atoms with van der Waals surface area (Å²) in [4.78, 5) is 16.0. The summed E-state index contributed by atoms with van der Waals surface area (Å²) in [7, 11) is 1.96. The molecule has 0 saturated carbocycles. The maximum atomic E-state index is 11.8. The Balaban J connectivity index is 1.75. The second-order valence-electron chi connectivity index (χ2n) is 4.48. The molecule has 1 heterocycles. The predicted molar refractivity (Wildman–Crippen MR) is 71.3 cm³/mol. The maximum absolute atomic E-state index is 11.8. The van der Waals surface area contributed by atoms with Crippen molar-refractivity contribution in [1.82, 2.24) is 9.55 Å². The Bertz CT molecular complexity index is 502. The number of Topliss-reactive ketones (excluding diaryl/α,β-unsaturated/α-hetero) is 1. The Labute approximate surface area is 107 Å². The van der Waals surface area contributed by atoms with Gasteiger partial charge in [0.25, 0.3) is 0 Å². The Hall–Kier alpha value is -1.90. The fraction of sp³-hybridized carbons (Fsp3) is 0.333. The van der Waals surface area contributed by atoms with E-state index in [0.717, 1.165) is 18.7 Å². The predicted octanol–water partition coefficient (Wildman–Crippen LogP) is 2.55. The van der Waals surface area contributed by atoms with Crippen molar-refractivity contribution in [1.29, 1.82) is 0 Å². The Morgan fingerprint density at radius 2 is 1.89 bits per heavy atom. The normalized spacial score (nSPS) is 10.5. The molecule has 1 aromatic carbocycles. The summed E-state index contributed by atoms with van der Waals surface area (Å²) in [5, 5.41) is 0. The van der Waals surface area contributed by atoms with E-state index in [-0.39, 0.29) is 0 Å². The number of carbonyl (C=O) groups excluding carboxylic acids is 1. The minimum atomic E-state index is 0.307. The molecule has 0 bridgehead atoms. The number of hydrogen-bond acceptors (Lipinski definition) is 2. The van der Waals surface area contributed by atoms with Crippen LogP contribution < -0.4 is 0 Å². The molecule has 0 aliphatic rings. The number of ketones is 1. The summed E-state index contributed by atoms with van der Waals surface area (Å²) in [5.41, 5.74) is 1.22. The first kappa shape index (κ1) is 12.6. The van der Waals surface area contributed by atoms with Crippen LogP contribution in [0.3, 0.4) is 0 Å². The van der Waals surface area contributed by atoms with Crippen molar-refractivity contribution in [3.8, 4) is 0 Å². The maximum Gasteiger partial charge on any atom is 0.133 e. The van der Waals surface area contributed by atoms with E-state index in [1.54, 1.807) is 6.20 Å². The lowest BCUT2D eigenvalue weighted by Gasteiger charge is -2.02. The number of rotatable bonds is 6. The smallest absolute Gasteiger partial charge is 0.133 e. The van der Waals surface area contributed by atoms with Crippen LogP contribution in [-0.2, 0) is 24.7 Å². The van der Waals surface area contributed by atoms with Crippen molar-refractivity contribution in [2.45, 2.75) is 25.7 Å². The molecular weight excluding hydrogens is 224 g/mol. The average molecular weight is 242 g/mol. The number of nitrogens with zero attached hydrogens (tertiary/aromatic N) is 2. The number of hydrogen-bond donors (Lipinski definition) is 0. The highest BCUT2D eigenvalue weighted by molar-refractivity contribution is 5.78. The van der Waals surface area contributed by atoms with E-state index in [4.69, 9.17) is 0 Å². The third-order valence-electron chi connectivity index (χ3n) is 3.08. The Kier molecular flexibility index (Phi) is 4.29. The molecule has 2 rings (SSSR count). The second kappa shape index (κ2) is 6.15. The summed E-state index contributed by atoms with van der Waals surface area (Å²) in [5.74, 6) is 1.28. The largest absolute Gasteiger partial charge is 0.338 e. The van der Waals surface area contributed by atoms with Crippen LogP contribution >= 0.6 is 0 Å². The molecule has 0 aliphatic heterocycles. The van der Waals surface area contributed by atoms with Crippen LogP contribution in [0.5, 0.6) is 0 Å². The summed E-state index contributed by atoms with van der Waals surface area (Å²) in [6.07, 6.45) is 6.44. The zero-order valence-corrected chi connectivity index (χ0v) is 10.7. The van der Waals surface area contributed by atoms with Gasteiger partial charge < -0.3 is 4.57 Å². The van der Waals surface area contributed by atoms with Gasteiger partial charge >= 0.3 is 0 Å². The number of imidazole rings is 1. The second-order valence-corrected chi connectivity index (χ2v) is 4.48. The van der Waals surface area contributed by atoms with Gasteiger partial charge in [-0.05, 0) is 12.0 Å². The first-order chi connectivity index (χ1) is 8.75. The molecule has 0 aliphatic carbocycles. The zero-order valence-electron chi connectivity index (χ0n) is 10.7. The van der Waals surface area contributed by atoms with E-state index >= 15 is 0 Å². The van der Waals surface area contributed by atoms with Gasteiger partial charge in [-0.1, -0.05) is 30.3 Å². The average Bonchev–Trinajstić information content (AvgIpc) is 2.81. The van der Waals surface area contributed by atoms with Crippen LogP contribution in [0.4, 0.5) is 0 Å². The van der Waals surface area contributed by atoms with Crippen LogP contribution in [-0.4, -0.2) is 15.3 Å². The highest BCUT2D eigenvalue weighted by Gasteiger charge is 2.05. The highest BCUT2D eigenvalue weighted by atomic mass is 16.1. The molecule has 0 unspecified atom stereocenters. The van der Waals surface area contributed by atoms with Gasteiger partial charge in [-0.3, -0.25) is 4.79 Å². The first-order valence-corrected chi connectivity index (χ1v) is 6.27. The van der Waals surface area contributed by atoms with Crippen LogP contribution in [0.1, 0.15) is 24.2 Å². The van der Waals surface area contributed by atoms with E-state index in [1.165, 1.54) is 5.56 Å². The number of aromatic nitrogens is 2. The van der Waals surface area contributed by atoms with Crippen molar-refractivity contribution in [2.75, 3.05) is 0 Å². The summed E-state index contributed by atoms with van der Waals surface area (Å²) in [6, 6.07) is 10.1. The molecule has 18 heavy (non-hydrogen) atoms. The van der Waals surface area contributed by atoms with Gasteiger partial charge in [-0.2, -0.15) is 0 Å². The van der Waals surface area contributed by atoms with Crippen LogP contribution in [0.25, 0.3) is 0 Å².